The molecule has 3 N–H and O–H groups in total. The van der Waals surface area contributed by atoms with Crippen molar-refractivity contribution < 1.29 is 0 Å². The van der Waals surface area contributed by atoms with Crippen LogP contribution in [0.1, 0.15) is 38.5 Å². The van der Waals surface area contributed by atoms with E-state index in [1.165, 1.54) is 49.6 Å². The van der Waals surface area contributed by atoms with Gasteiger partial charge in [0.05, 0.1) is 11.7 Å². The first-order valence-corrected chi connectivity index (χ1v) is 7.82. The zero-order chi connectivity index (χ0) is 13.4. The summed E-state index contributed by atoms with van der Waals surface area (Å²) in [5, 5.41) is 15.7. The molecule has 0 saturated heterocycles. The summed E-state index contributed by atoms with van der Waals surface area (Å²) in [4.78, 5) is 0. The highest BCUT2D eigenvalue weighted by Gasteiger charge is 2.27. The standard InChI is InChI=1S/C16H22N4/c1-2-12(1)18-13-3-5-14(6-4-13)19-15-7-8-16-11(9-15)10-17-20-16/h7-10,12-14,18-19H,1-6H2,(H,17,20)/t13-,14+. The second-order valence-electron chi connectivity index (χ2n) is 6.31. The Balaban J connectivity index is 1.34. The smallest absolute Gasteiger partial charge is 0.0651 e. The lowest BCUT2D eigenvalue weighted by Crippen LogP contribution is -2.37. The van der Waals surface area contributed by atoms with Crippen LogP contribution in [0.4, 0.5) is 5.69 Å². The van der Waals surface area contributed by atoms with Gasteiger partial charge in [0.2, 0.25) is 0 Å². The van der Waals surface area contributed by atoms with Crippen molar-refractivity contribution in [1.29, 1.82) is 0 Å². The maximum Gasteiger partial charge on any atom is 0.0651 e. The number of aromatic amines is 1. The third-order valence-electron chi connectivity index (χ3n) is 4.59. The number of H-pyrrole nitrogens is 1. The molecule has 1 aromatic carbocycles. The predicted molar refractivity (Wildman–Crippen MR) is 81.9 cm³/mol. The fourth-order valence-corrected chi connectivity index (χ4v) is 3.26. The summed E-state index contributed by atoms with van der Waals surface area (Å²) in [6.45, 7) is 0. The van der Waals surface area contributed by atoms with Gasteiger partial charge in [-0.3, -0.25) is 5.10 Å². The van der Waals surface area contributed by atoms with Gasteiger partial charge in [-0.15, -0.1) is 0 Å². The fraction of sp³-hybridized carbons (Fsp3) is 0.562. The van der Waals surface area contributed by atoms with Crippen LogP contribution < -0.4 is 10.6 Å². The number of anilines is 1. The molecular weight excluding hydrogens is 248 g/mol. The average Bonchev–Trinajstić information content (AvgIpc) is 3.15. The minimum Gasteiger partial charge on any atom is -0.382 e. The van der Waals surface area contributed by atoms with E-state index >= 15 is 0 Å². The quantitative estimate of drug-likeness (QED) is 0.800. The summed E-state index contributed by atoms with van der Waals surface area (Å²) in [5.74, 6) is 0. The van der Waals surface area contributed by atoms with Gasteiger partial charge in [-0.25, -0.2) is 0 Å². The Morgan fingerprint density at radius 3 is 2.40 bits per heavy atom. The third-order valence-corrected chi connectivity index (χ3v) is 4.59. The minimum atomic E-state index is 0.622. The van der Waals surface area contributed by atoms with Crippen molar-refractivity contribution in [3.63, 3.8) is 0 Å². The molecule has 0 aliphatic heterocycles. The van der Waals surface area contributed by atoms with Gasteiger partial charge in [-0.1, -0.05) is 0 Å². The molecular formula is C16H22N4. The van der Waals surface area contributed by atoms with Gasteiger partial charge in [0.25, 0.3) is 0 Å². The van der Waals surface area contributed by atoms with Crippen LogP contribution in [0.3, 0.4) is 0 Å². The van der Waals surface area contributed by atoms with E-state index < -0.39 is 0 Å². The first-order chi connectivity index (χ1) is 9.87. The van der Waals surface area contributed by atoms with Crippen molar-refractivity contribution in [2.45, 2.75) is 56.7 Å². The number of rotatable bonds is 4. The van der Waals surface area contributed by atoms with Gasteiger partial charge in [0.15, 0.2) is 0 Å². The summed E-state index contributed by atoms with van der Waals surface area (Å²) in [6.07, 6.45) is 9.83. The van der Waals surface area contributed by atoms with Gasteiger partial charge in [0.1, 0.15) is 0 Å². The fourth-order valence-electron chi connectivity index (χ4n) is 3.26. The Morgan fingerprint density at radius 2 is 1.65 bits per heavy atom. The van der Waals surface area contributed by atoms with Crippen LogP contribution in [0.2, 0.25) is 0 Å². The molecule has 0 unspecified atom stereocenters. The maximum absolute atomic E-state index is 4.07. The molecule has 0 radical (unpaired) electrons. The molecule has 20 heavy (non-hydrogen) atoms. The van der Waals surface area contributed by atoms with Crippen LogP contribution >= 0.6 is 0 Å². The number of hydrogen-bond donors (Lipinski definition) is 3. The van der Waals surface area contributed by atoms with Gasteiger partial charge in [-0.2, -0.15) is 5.10 Å². The molecule has 4 nitrogen and oxygen atoms in total. The molecule has 0 spiro atoms. The number of benzene rings is 1. The van der Waals surface area contributed by atoms with E-state index in [0.717, 1.165) is 17.6 Å². The van der Waals surface area contributed by atoms with Crippen molar-refractivity contribution in [3.8, 4) is 0 Å². The van der Waals surface area contributed by atoms with Gasteiger partial charge >= 0.3 is 0 Å². The number of aromatic nitrogens is 2. The lowest BCUT2D eigenvalue weighted by Gasteiger charge is -2.30. The lowest BCUT2D eigenvalue weighted by molar-refractivity contribution is 0.352. The van der Waals surface area contributed by atoms with E-state index in [2.05, 4.69) is 39.0 Å². The normalized spacial score (nSPS) is 26.8. The maximum atomic E-state index is 4.07. The molecule has 2 fully saturated rings. The zero-order valence-electron chi connectivity index (χ0n) is 11.7. The van der Waals surface area contributed by atoms with Crippen molar-refractivity contribution >= 4 is 16.6 Å². The number of fused-ring (bicyclic) bond motifs is 1. The molecule has 2 aliphatic carbocycles. The number of hydrogen-bond acceptors (Lipinski definition) is 3. The molecule has 2 aliphatic rings. The summed E-state index contributed by atoms with van der Waals surface area (Å²) in [5.41, 5.74) is 2.32. The zero-order valence-corrected chi connectivity index (χ0v) is 11.7. The summed E-state index contributed by atoms with van der Waals surface area (Å²) < 4.78 is 0. The molecule has 1 heterocycles. The lowest BCUT2D eigenvalue weighted by atomic mass is 9.91. The molecule has 4 heteroatoms. The summed E-state index contributed by atoms with van der Waals surface area (Å²) in [7, 11) is 0. The first kappa shape index (κ1) is 12.2. The van der Waals surface area contributed by atoms with E-state index in [4.69, 9.17) is 0 Å². The second kappa shape index (κ2) is 5.09. The highest BCUT2D eigenvalue weighted by Crippen LogP contribution is 2.27. The topological polar surface area (TPSA) is 52.7 Å². The van der Waals surface area contributed by atoms with Crippen LogP contribution in [0.25, 0.3) is 10.9 Å². The van der Waals surface area contributed by atoms with Gasteiger partial charge in [-0.05, 0) is 56.7 Å². The Kier molecular flexibility index (Phi) is 3.11. The van der Waals surface area contributed by atoms with Crippen molar-refractivity contribution in [2.24, 2.45) is 0 Å². The highest BCUT2D eigenvalue weighted by molar-refractivity contribution is 5.81. The van der Waals surface area contributed by atoms with E-state index in [-0.39, 0.29) is 0 Å². The minimum absolute atomic E-state index is 0.622. The SMILES string of the molecule is c1cc2[nH]ncc2cc1N[C@H]1CC[C@@H](NC2CC2)CC1. The number of nitrogens with one attached hydrogen (secondary N) is 3. The van der Waals surface area contributed by atoms with Gasteiger partial charge < -0.3 is 10.6 Å². The molecule has 106 valence electrons. The molecule has 0 bridgehead atoms. The molecule has 2 aromatic rings. The van der Waals surface area contributed by atoms with Crippen LogP contribution in [-0.4, -0.2) is 28.3 Å². The molecule has 0 atom stereocenters. The third kappa shape index (κ3) is 2.66. The number of nitrogens with zero attached hydrogens (tertiary/aromatic N) is 1. The molecule has 1 aromatic heterocycles. The van der Waals surface area contributed by atoms with Crippen molar-refractivity contribution in [2.75, 3.05) is 5.32 Å². The van der Waals surface area contributed by atoms with E-state index in [9.17, 15) is 0 Å². The second-order valence-corrected chi connectivity index (χ2v) is 6.31. The van der Waals surface area contributed by atoms with Gasteiger partial charge in [0, 0.05) is 29.2 Å². The first-order valence-electron chi connectivity index (χ1n) is 7.82. The molecule has 4 rings (SSSR count). The highest BCUT2D eigenvalue weighted by atomic mass is 15.1. The van der Waals surface area contributed by atoms with Crippen LogP contribution in [0.5, 0.6) is 0 Å². The Hall–Kier alpha value is -1.55. The molecule has 2 saturated carbocycles. The van der Waals surface area contributed by atoms with Crippen LogP contribution in [0, 0.1) is 0 Å². The van der Waals surface area contributed by atoms with Crippen molar-refractivity contribution in [1.82, 2.24) is 15.5 Å². The monoisotopic (exact) mass is 270 g/mol. The summed E-state index contributed by atoms with van der Waals surface area (Å²) >= 11 is 0. The summed E-state index contributed by atoms with van der Waals surface area (Å²) in [6, 6.07) is 8.66. The van der Waals surface area contributed by atoms with E-state index in [1.807, 2.05) is 6.20 Å². The molecule has 0 amide bonds. The largest absolute Gasteiger partial charge is 0.382 e. The predicted octanol–water partition coefficient (Wildman–Crippen LogP) is 3.04. The Morgan fingerprint density at radius 1 is 0.950 bits per heavy atom. The van der Waals surface area contributed by atoms with Crippen LogP contribution in [-0.2, 0) is 0 Å². The van der Waals surface area contributed by atoms with E-state index in [0.29, 0.717) is 6.04 Å². The van der Waals surface area contributed by atoms with Crippen molar-refractivity contribution in [3.05, 3.63) is 24.4 Å². The average molecular weight is 270 g/mol. The van der Waals surface area contributed by atoms with E-state index in [1.54, 1.807) is 0 Å². The Bertz CT molecular complexity index is 579. The Labute approximate surface area is 119 Å². The van der Waals surface area contributed by atoms with Crippen LogP contribution in [0.15, 0.2) is 24.4 Å².